The van der Waals surface area contributed by atoms with Crippen LogP contribution in [0.2, 0.25) is 0 Å². The van der Waals surface area contributed by atoms with Gasteiger partial charge in [0.2, 0.25) is 0 Å². The van der Waals surface area contributed by atoms with E-state index in [4.69, 9.17) is 9.47 Å². The molecular formula is C48H76O8. The molecule has 0 amide bonds. The van der Waals surface area contributed by atoms with Crippen molar-refractivity contribution < 1.29 is 38.9 Å². The Hall–Kier alpha value is -3.68. The van der Waals surface area contributed by atoms with Crippen molar-refractivity contribution in [2.75, 3.05) is 13.2 Å². The van der Waals surface area contributed by atoms with Crippen LogP contribution in [0.3, 0.4) is 0 Å². The fourth-order valence-corrected chi connectivity index (χ4v) is 7.15. The maximum atomic E-state index is 12.4. The third-order valence-corrected chi connectivity index (χ3v) is 11.3. The summed E-state index contributed by atoms with van der Waals surface area (Å²) in [7, 11) is 0. The molecule has 2 rings (SSSR count). The average molecular weight is 781 g/mol. The van der Waals surface area contributed by atoms with Gasteiger partial charge in [-0.1, -0.05) is 157 Å². The van der Waals surface area contributed by atoms with Gasteiger partial charge in [-0.2, -0.15) is 0 Å². The zero-order valence-corrected chi connectivity index (χ0v) is 36.3. The molecule has 0 bridgehead atoms. The van der Waals surface area contributed by atoms with Gasteiger partial charge in [-0.3, -0.25) is 0 Å². The number of carboxylic acids is 2. The van der Waals surface area contributed by atoms with Crippen molar-refractivity contribution in [3.8, 4) is 0 Å². The molecule has 2 aromatic rings. The molecule has 0 fully saturated rings. The first-order valence-electron chi connectivity index (χ1n) is 22.0. The minimum Gasteiger partial charge on any atom is -0.478 e. The third kappa shape index (κ3) is 18.5. The van der Waals surface area contributed by atoms with Crippen LogP contribution in [0.4, 0.5) is 0 Å². The monoisotopic (exact) mass is 781 g/mol. The summed E-state index contributed by atoms with van der Waals surface area (Å²) in [5, 5.41) is 19.4. The van der Waals surface area contributed by atoms with E-state index in [0.717, 1.165) is 114 Å². The number of esters is 2. The summed E-state index contributed by atoms with van der Waals surface area (Å²) < 4.78 is 11.0. The van der Waals surface area contributed by atoms with Crippen molar-refractivity contribution in [3.63, 3.8) is 0 Å². The zero-order valence-electron chi connectivity index (χ0n) is 36.3. The SMILES string of the molecule is CCCCC(CC)COC(=O)c1cccc(C(=O)OCC(CC)CCCC)c1.CCCCC(CC)Cc1ccc(C(=O)O)c(C(=O)O)c1CC(CC)CCCC. The largest absolute Gasteiger partial charge is 0.478 e. The van der Waals surface area contributed by atoms with Crippen LogP contribution in [0.15, 0.2) is 36.4 Å². The second-order valence-corrected chi connectivity index (χ2v) is 15.6. The first-order chi connectivity index (χ1) is 26.9. The molecule has 0 aliphatic carbocycles. The van der Waals surface area contributed by atoms with Crippen molar-refractivity contribution in [1.29, 1.82) is 0 Å². The Bertz CT molecular complexity index is 1380. The number of carbonyl (C=O) groups excluding carboxylic acids is 2. The second kappa shape index (κ2) is 29.5. The maximum Gasteiger partial charge on any atom is 0.338 e. The average Bonchev–Trinajstić information content (AvgIpc) is 3.21. The normalized spacial score (nSPS) is 13.1. The summed E-state index contributed by atoms with van der Waals surface area (Å²) in [6, 6.07) is 10.0. The van der Waals surface area contributed by atoms with Gasteiger partial charge in [-0.15, -0.1) is 0 Å². The minimum absolute atomic E-state index is 0.00490. The molecule has 0 aliphatic rings. The molecule has 4 atom stereocenters. The number of hydrogen-bond donors (Lipinski definition) is 2. The molecule has 0 heterocycles. The number of hydrogen-bond acceptors (Lipinski definition) is 6. The Balaban J connectivity index is 0.000000560. The van der Waals surface area contributed by atoms with Gasteiger partial charge < -0.3 is 19.7 Å². The van der Waals surface area contributed by atoms with E-state index in [0.29, 0.717) is 54.4 Å². The van der Waals surface area contributed by atoms with Gasteiger partial charge in [0, 0.05) is 0 Å². The van der Waals surface area contributed by atoms with Crippen molar-refractivity contribution in [2.24, 2.45) is 23.7 Å². The molecule has 2 N–H and O–H groups in total. The summed E-state index contributed by atoms with van der Waals surface area (Å²) >= 11 is 0. The molecule has 4 unspecified atom stereocenters. The van der Waals surface area contributed by atoms with E-state index < -0.39 is 11.9 Å². The highest BCUT2D eigenvalue weighted by atomic mass is 16.5. The lowest BCUT2D eigenvalue weighted by atomic mass is 9.82. The Morgan fingerprint density at radius 1 is 0.536 bits per heavy atom. The Kier molecular flexibility index (Phi) is 26.6. The fraction of sp³-hybridized carbons (Fsp3) is 0.667. The van der Waals surface area contributed by atoms with Gasteiger partial charge >= 0.3 is 23.9 Å². The Morgan fingerprint density at radius 3 is 1.32 bits per heavy atom. The molecule has 56 heavy (non-hydrogen) atoms. The van der Waals surface area contributed by atoms with Gasteiger partial charge in [0.25, 0.3) is 0 Å². The van der Waals surface area contributed by atoms with Crippen LogP contribution in [0, 0.1) is 23.7 Å². The number of aromatic carboxylic acids is 2. The topological polar surface area (TPSA) is 127 Å². The second-order valence-electron chi connectivity index (χ2n) is 15.6. The molecule has 2 aromatic carbocycles. The van der Waals surface area contributed by atoms with E-state index in [2.05, 4.69) is 55.4 Å². The molecule has 0 spiro atoms. The Labute approximate surface area is 339 Å². The lowest BCUT2D eigenvalue weighted by molar-refractivity contribution is 0.0424. The van der Waals surface area contributed by atoms with Crippen molar-refractivity contribution in [2.45, 2.75) is 171 Å². The molecule has 316 valence electrons. The van der Waals surface area contributed by atoms with Crippen LogP contribution in [-0.2, 0) is 22.3 Å². The van der Waals surface area contributed by atoms with Crippen molar-refractivity contribution >= 4 is 23.9 Å². The zero-order chi connectivity index (χ0) is 41.9. The fourth-order valence-electron chi connectivity index (χ4n) is 7.15. The molecule has 8 nitrogen and oxygen atoms in total. The van der Waals surface area contributed by atoms with Gasteiger partial charge in [0.1, 0.15) is 0 Å². The summed E-state index contributed by atoms with van der Waals surface area (Å²) in [4.78, 5) is 48.5. The summed E-state index contributed by atoms with van der Waals surface area (Å²) in [6.45, 7) is 18.1. The summed E-state index contributed by atoms with van der Waals surface area (Å²) in [5.41, 5.74) is 2.50. The van der Waals surface area contributed by atoms with Gasteiger partial charge in [0.15, 0.2) is 0 Å². The summed E-state index contributed by atoms with van der Waals surface area (Å²) in [5.74, 6) is -1.36. The lowest BCUT2D eigenvalue weighted by Gasteiger charge is -2.23. The molecule has 0 saturated carbocycles. The van der Waals surface area contributed by atoms with Crippen LogP contribution in [-0.4, -0.2) is 47.3 Å². The van der Waals surface area contributed by atoms with Crippen molar-refractivity contribution in [1.82, 2.24) is 0 Å². The molecule has 0 aromatic heterocycles. The van der Waals surface area contributed by atoms with E-state index in [9.17, 15) is 29.4 Å². The maximum absolute atomic E-state index is 12.4. The molecule has 0 radical (unpaired) electrons. The van der Waals surface area contributed by atoms with Gasteiger partial charge in [-0.25, -0.2) is 19.2 Å². The first kappa shape index (κ1) is 50.3. The number of carboxylic acid groups (broad SMARTS) is 2. The number of unbranched alkanes of at least 4 members (excludes halogenated alkanes) is 4. The van der Waals surface area contributed by atoms with E-state index in [-0.39, 0.29) is 23.1 Å². The quantitative estimate of drug-likeness (QED) is 0.0817. The Morgan fingerprint density at radius 2 is 0.946 bits per heavy atom. The number of carbonyl (C=O) groups is 4. The van der Waals surface area contributed by atoms with E-state index >= 15 is 0 Å². The van der Waals surface area contributed by atoms with Crippen LogP contribution in [0.25, 0.3) is 0 Å². The van der Waals surface area contributed by atoms with Crippen LogP contribution < -0.4 is 0 Å². The molecule has 0 aliphatic heterocycles. The van der Waals surface area contributed by atoms with Crippen molar-refractivity contribution in [3.05, 3.63) is 69.8 Å². The van der Waals surface area contributed by atoms with Gasteiger partial charge in [-0.05, 0) is 84.7 Å². The summed E-state index contributed by atoms with van der Waals surface area (Å²) in [6.07, 6.45) is 18.9. The lowest BCUT2D eigenvalue weighted by Crippen LogP contribution is -2.18. The highest BCUT2D eigenvalue weighted by Gasteiger charge is 2.25. The predicted molar refractivity (Wildman–Crippen MR) is 228 cm³/mol. The van der Waals surface area contributed by atoms with E-state index in [1.807, 2.05) is 6.07 Å². The van der Waals surface area contributed by atoms with Crippen LogP contribution in [0.5, 0.6) is 0 Å². The highest BCUT2D eigenvalue weighted by Crippen LogP contribution is 2.30. The number of benzene rings is 2. The minimum atomic E-state index is -1.16. The predicted octanol–water partition coefficient (Wildman–Crippen LogP) is 13.0. The first-order valence-corrected chi connectivity index (χ1v) is 22.0. The van der Waals surface area contributed by atoms with E-state index in [1.165, 1.54) is 12.5 Å². The van der Waals surface area contributed by atoms with Crippen LogP contribution >= 0.6 is 0 Å². The molecule has 0 saturated heterocycles. The van der Waals surface area contributed by atoms with Crippen LogP contribution in [0.1, 0.15) is 211 Å². The molecule has 8 heteroatoms. The standard InChI is InChI=1S/2C24H38O4/c1-5-9-12-19(7-3)17-27-23(25)21-14-11-15-22(16-21)24(26)28-18-20(8-4)13-10-6-2;1-5-9-11-17(7-3)15-19-13-14-20(23(25)26)22(24(27)28)21(19)16-18(8-4)12-10-6-2/h11,14-16,19-20H,5-10,12-13,17-18H2,1-4H3;13-14,17-18H,5-12,15-16H2,1-4H3,(H,25,26)(H,27,28). The molecular weight excluding hydrogens is 705 g/mol. The number of ether oxygens (including phenoxy) is 2. The van der Waals surface area contributed by atoms with Gasteiger partial charge in [0.05, 0.1) is 35.5 Å². The highest BCUT2D eigenvalue weighted by molar-refractivity contribution is 6.03. The smallest absolute Gasteiger partial charge is 0.338 e. The number of rotatable bonds is 28. The third-order valence-electron chi connectivity index (χ3n) is 11.3. The van der Waals surface area contributed by atoms with E-state index in [1.54, 1.807) is 24.3 Å².